The molecule has 0 saturated carbocycles. The van der Waals surface area contributed by atoms with Crippen molar-refractivity contribution in [2.45, 2.75) is 187 Å². The zero-order valence-corrected chi connectivity index (χ0v) is 33.7. The van der Waals surface area contributed by atoms with Crippen LogP contribution in [0.5, 0.6) is 0 Å². The first kappa shape index (κ1) is 47.2. The highest BCUT2D eigenvalue weighted by molar-refractivity contribution is 5.75. The number of nitrogens with zero attached hydrogens (tertiary/aromatic N) is 3. The van der Waals surface area contributed by atoms with Gasteiger partial charge in [0.2, 0.25) is 0 Å². The number of hydrogen-bond acceptors (Lipinski definition) is 7. The van der Waals surface area contributed by atoms with Crippen LogP contribution in [0.25, 0.3) is 0 Å². The summed E-state index contributed by atoms with van der Waals surface area (Å²) in [6.07, 6.45) is 32.2. The van der Waals surface area contributed by atoms with Gasteiger partial charge in [-0.1, -0.05) is 142 Å². The lowest BCUT2D eigenvalue weighted by Crippen LogP contribution is -2.41. The summed E-state index contributed by atoms with van der Waals surface area (Å²) in [5.74, 6) is 0.572. The highest BCUT2D eigenvalue weighted by Crippen LogP contribution is 2.19. The molecule has 0 unspecified atom stereocenters. The summed E-state index contributed by atoms with van der Waals surface area (Å²) in [7, 11) is 0. The predicted octanol–water partition coefficient (Wildman–Crippen LogP) is 9.15. The Labute approximate surface area is 314 Å². The van der Waals surface area contributed by atoms with Crippen LogP contribution in [-0.2, 0) is 19.1 Å². The minimum atomic E-state index is -0.0849. The number of carbonyl (C=O) groups is 2. The van der Waals surface area contributed by atoms with E-state index < -0.39 is 0 Å². The lowest BCUT2D eigenvalue weighted by Gasteiger charge is -2.34. The molecule has 51 heavy (non-hydrogen) atoms. The van der Waals surface area contributed by atoms with Crippen molar-refractivity contribution in [3.05, 3.63) is 0 Å². The number of guanidine groups is 1. The number of piperidine rings is 1. The molecule has 0 aliphatic carbocycles. The molecule has 1 aliphatic heterocycles. The van der Waals surface area contributed by atoms with Crippen molar-refractivity contribution in [2.24, 2.45) is 22.4 Å². The summed E-state index contributed by atoms with van der Waals surface area (Å²) in [5.41, 5.74) is 10.9. The van der Waals surface area contributed by atoms with E-state index in [0.717, 1.165) is 71.1 Å². The van der Waals surface area contributed by atoms with Gasteiger partial charge in [0.15, 0.2) is 5.96 Å². The fourth-order valence-corrected chi connectivity index (χ4v) is 7.14. The minimum absolute atomic E-state index is 0.0849. The van der Waals surface area contributed by atoms with E-state index in [-0.39, 0.29) is 17.9 Å². The molecule has 9 heteroatoms. The number of nitrogens with two attached hydrogens (primary N) is 2. The molecule has 0 spiro atoms. The van der Waals surface area contributed by atoms with Gasteiger partial charge in [-0.05, 0) is 57.7 Å². The van der Waals surface area contributed by atoms with E-state index in [9.17, 15) is 9.59 Å². The molecule has 0 aromatic heterocycles. The van der Waals surface area contributed by atoms with E-state index in [1.165, 1.54) is 116 Å². The molecule has 0 atom stereocenters. The molecule has 0 bridgehead atoms. The fourth-order valence-electron chi connectivity index (χ4n) is 7.14. The smallest absolute Gasteiger partial charge is 0.305 e. The number of aliphatic imine (C=N–C) groups is 1. The molecule has 1 heterocycles. The van der Waals surface area contributed by atoms with Gasteiger partial charge in [-0.15, -0.1) is 0 Å². The standard InChI is InChI=1S/C42H83N5O4/c1-3-5-7-9-11-13-15-17-19-21-23-26-40(48)50-36-34-47(38-39-28-32-46(33-29-39)31-25-30-45-42(43)44)35-37-51-41(49)27-24-22-20-18-16-14-12-10-8-6-4-2/h39H,3-38H2,1-2H3,(H4,43,44,45). The first-order chi connectivity index (χ1) is 24.9. The maximum atomic E-state index is 12.5. The Bertz CT molecular complexity index is 786. The van der Waals surface area contributed by atoms with E-state index in [4.69, 9.17) is 20.9 Å². The van der Waals surface area contributed by atoms with Gasteiger partial charge in [0.1, 0.15) is 13.2 Å². The quantitative estimate of drug-likeness (QED) is 0.0284. The molecular weight excluding hydrogens is 638 g/mol. The van der Waals surface area contributed by atoms with Gasteiger partial charge >= 0.3 is 11.9 Å². The van der Waals surface area contributed by atoms with Crippen molar-refractivity contribution in [1.82, 2.24) is 9.80 Å². The number of hydrogen-bond donors (Lipinski definition) is 2. The lowest BCUT2D eigenvalue weighted by atomic mass is 9.96. The van der Waals surface area contributed by atoms with Gasteiger partial charge in [-0.2, -0.15) is 0 Å². The first-order valence-corrected chi connectivity index (χ1v) is 21.8. The second-order valence-electron chi connectivity index (χ2n) is 15.3. The van der Waals surface area contributed by atoms with Crippen LogP contribution >= 0.6 is 0 Å². The molecule has 0 amide bonds. The van der Waals surface area contributed by atoms with Gasteiger partial charge in [-0.3, -0.25) is 19.5 Å². The minimum Gasteiger partial charge on any atom is -0.464 e. The van der Waals surface area contributed by atoms with Crippen LogP contribution in [0, 0.1) is 5.92 Å². The molecule has 9 nitrogen and oxygen atoms in total. The fraction of sp³-hybridized carbons (Fsp3) is 0.929. The van der Waals surface area contributed by atoms with Gasteiger partial charge in [0.25, 0.3) is 0 Å². The number of unbranched alkanes of at least 4 members (excludes halogenated alkanes) is 20. The molecule has 1 rings (SSSR count). The van der Waals surface area contributed by atoms with Crippen molar-refractivity contribution >= 4 is 17.9 Å². The number of likely N-dealkylation sites (tertiary alicyclic amines) is 1. The third-order valence-electron chi connectivity index (χ3n) is 10.5. The van der Waals surface area contributed by atoms with E-state index in [2.05, 4.69) is 28.6 Å². The van der Waals surface area contributed by atoms with Crippen molar-refractivity contribution in [2.75, 3.05) is 59.0 Å². The molecule has 0 radical (unpaired) electrons. The summed E-state index contributed by atoms with van der Waals surface area (Å²) >= 11 is 0. The third-order valence-corrected chi connectivity index (χ3v) is 10.5. The highest BCUT2D eigenvalue weighted by Gasteiger charge is 2.22. The van der Waals surface area contributed by atoms with E-state index in [1.807, 2.05) is 0 Å². The van der Waals surface area contributed by atoms with Crippen molar-refractivity contribution in [1.29, 1.82) is 0 Å². The van der Waals surface area contributed by atoms with E-state index in [0.29, 0.717) is 51.6 Å². The Kier molecular flexibility index (Phi) is 32.5. The summed E-state index contributed by atoms with van der Waals surface area (Å²) in [6.45, 7) is 11.4. The lowest BCUT2D eigenvalue weighted by molar-refractivity contribution is -0.144. The largest absolute Gasteiger partial charge is 0.464 e. The summed E-state index contributed by atoms with van der Waals surface area (Å²) in [6, 6.07) is 0. The van der Waals surface area contributed by atoms with Crippen LogP contribution in [0.3, 0.4) is 0 Å². The van der Waals surface area contributed by atoms with Gasteiger partial charge in [0.05, 0.1) is 0 Å². The zero-order chi connectivity index (χ0) is 37.0. The second-order valence-corrected chi connectivity index (χ2v) is 15.3. The Morgan fingerprint density at radius 3 is 1.39 bits per heavy atom. The Morgan fingerprint density at radius 1 is 0.608 bits per heavy atom. The number of rotatable bonds is 36. The molecule has 1 saturated heterocycles. The first-order valence-electron chi connectivity index (χ1n) is 21.8. The second kappa shape index (κ2) is 35.2. The van der Waals surface area contributed by atoms with Crippen LogP contribution in [0.4, 0.5) is 0 Å². The SMILES string of the molecule is CCCCCCCCCCCCCC(=O)OCCN(CCOC(=O)CCCCCCCCCCCCC)CC1CCN(CCCN=C(N)N)CC1. The monoisotopic (exact) mass is 722 g/mol. The molecule has 1 aliphatic rings. The van der Waals surface area contributed by atoms with Crippen molar-refractivity contribution in [3.8, 4) is 0 Å². The third kappa shape index (κ3) is 31.4. The van der Waals surface area contributed by atoms with Gasteiger partial charge in [-0.25, -0.2) is 0 Å². The highest BCUT2D eigenvalue weighted by atomic mass is 16.5. The van der Waals surface area contributed by atoms with Crippen LogP contribution in [0.1, 0.15) is 187 Å². The summed E-state index contributed by atoms with van der Waals surface area (Å²) in [5, 5.41) is 0. The van der Waals surface area contributed by atoms with Crippen LogP contribution in [0.15, 0.2) is 4.99 Å². The van der Waals surface area contributed by atoms with Crippen LogP contribution in [0.2, 0.25) is 0 Å². The topological polar surface area (TPSA) is 123 Å². The maximum absolute atomic E-state index is 12.5. The van der Waals surface area contributed by atoms with Crippen molar-refractivity contribution in [3.63, 3.8) is 0 Å². The van der Waals surface area contributed by atoms with Crippen LogP contribution < -0.4 is 11.5 Å². The molecule has 1 fully saturated rings. The van der Waals surface area contributed by atoms with Gasteiger partial charge < -0.3 is 25.8 Å². The maximum Gasteiger partial charge on any atom is 0.305 e. The molecular formula is C42H83N5O4. The number of esters is 2. The predicted molar refractivity (Wildman–Crippen MR) is 215 cm³/mol. The molecule has 300 valence electrons. The number of ether oxygens (including phenoxy) is 2. The molecule has 4 N–H and O–H groups in total. The Hall–Kier alpha value is -1.87. The average molecular weight is 722 g/mol. The van der Waals surface area contributed by atoms with Gasteiger partial charge in [0, 0.05) is 39.0 Å². The molecule has 0 aromatic carbocycles. The Balaban J connectivity index is 2.30. The average Bonchev–Trinajstić information content (AvgIpc) is 3.12. The number of carbonyl (C=O) groups excluding carboxylic acids is 2. The Morgan fingerprint density at radius 2 is 1.00 bits per heavy atom. The molecule has 0 aromatic rings. The van der Waals surface area contributed by atoms with E-state index >= 15 is 0 Å². The summed E-state index contributed by atoms with van der Waals surface area (Å²) < 4.78 is 11.3. The van der Waals surface area contributed by atoms with Crippen molar-refractivity contribution < 1.29 is 19.1 Å². The van der Waals surface area contributed by atoms with Crippen LogP contribution in [-0.4, -0.2) is 86.7 Å². The van der Waals surface area contributed by atoms with E-state index in [1.54, 1.807) is 0 Å². The summed E-state index contributed by atoms with van der Waals surface area (Å²) in [4.78, 5) is 33.9. The normalized spacial score (nSPS) is 13.9. The zero-order valence-electron chi connectivity index (χ0n) is 33.7.